The summed E-state index contributed by atoms with van der Waals surface area (Å²) in [4.78, 5) is 40.3. The van der Waals surface area contributed by atoms with Crippen LogP contribution < -0.4 is 16.0 Å². The van der Waals surface area contributed by atoms with Crippen molar-refractivity contribution in [1.82, 2.24) is 16.0 Å². The molecule has 1 aliphatic heterocycles. The van der Waals surface area contributed by atoms with Crippen LogP contribution >= 0.6 is 0 Å². The van der Waals surface area contributed by atoms with Crippen LogP contribution in [0.2, 0.25) is 0 Å². The number of carbonyl (C=O) groups excluding carboxylic acids is 3. The molecule has 0 radical (unpaired) electrons. The largest absolute Gasteiger partial charge is 0.508 e. The number of aliphatic hydroxyl groups excluding tert-OH is 2. The number of halogens is 5. The number of phenolic OH excluding ortho intramolecular Hbond substituents is 1. The summed E-state index contributed by atoms with van der Waals surface area (Å²) in [5.74, 6) is -16.5. The molecule has 10 nitrogen and oxygen atoms in total. The van der Waals surface area contributed by atoms with Crippen LogP contribution in [0.5, 0.6) is 5.75 Å². The molecule has 1 heterocycles. The summed E-state index contributed by atoms with van der Waals surface area (Å²) in [7, 11) is 0. The topological polar surface area (TPSA) is 157 Å². The van der Waals surface area contributed by atoms with Crippen LogP contribution in [0, 0.1) is 35.0 Å². The molecular weight excluding hydrogens is 633 g/mol. The molecule has 0 aromatic heterocycles. The number of hydrogen-bond donors (Lipinski definition) is 6. The first-order chi connectivity index (χ1) is 22.2. The first-order valence-electron chi connectivity index (χ1n) is 14.5. The average molecular weight is 666 g/mol. The Morgan fingerprint density at radius 3 is 2.00 bits per heavy atom. The summed E-state index contributed by atoms with van der Waals surface area (Å²) in [6.45, 7) is 2.45. The van der Waals surface area contributed by atoms with Crippen molar-refractivity contribution >= 4 is 17.8 Å². The zero-order chi connectivity index (χ0) is 34.6. The molecule has 0 spiro atoms. The number of cyclic esters (lactones) is 1. The number of phenols is 1. The summed E-state index contributed by atoms with van der Waals surface area (Å²) in [5.41, 5.74) is -0.882. The summed E-state index contributed by atoms with van der Waals surface area (Å²) < 4.78 is 76.7. The predicted octanol–water partition coefficient (Wildman–Crippen LogP) is 2.43. The Hall–Kier alpha value is -4.60. The van der Waals surface area contributed by atoms with Crippen molar-refractivity contribution in [2.45, 2.75) is 63.3 Å². The third-order valence-electron chi connectivity index (χ3n) is 7.88. The Balaban J connectivity index is 1.76. The molecule has 2 amide bonds. The van der Waals surface area contributed by atoms with E-state index in [1.807, 2.05) is 0 Å². The van der Waals surface area contributed by atoms with Crippen LogP contribution in [-0.2, 0) is 32.0 Å². The normalized spacial score (nSPS) is 24.7. The lowest BCUT2D eigenvalue weighted by Crippen LogP contribution is -2.62. The lowest BCUT2D eigenvalue weighted by molar-refractivity contribution is -0.164. The number of benzene rings is 3. The van der Waals surface area contributed by atoms with Crippen molar-refractivity contribution in [3.05, 3.63) is 100 Å². The van der Waals surface area contributed by atoms with E-state index < -0.39 is 101 Å². The van der Waals surface area contributed by atoms with Gasteiger partial charge in [-0.2, -0.15) is 0 Å². The molecule has 1 saturated heterocycles. The van der Waals surface area contributed by atoms with Gasteiger partial charge in [-0.25, -0.2) is 22.0 Å². The maximum Gasteiger partial charge on any atom is 0.312 e. The molecule has 0 saturated carbocycles. The highest BCUT2D eigenvalue weighted by atomic mass is 19.2. The number of carbonyl (C=O) groups is 3. The lowest BCUT2D eigenvalue weighted by Gasteiger charge is -2.34. The van der Waals surface area contributed by atoms with Gasteiger partial charge in [0.15, 0.2) is 29.4 Å². The highest BCUT2D eigenvalue weighted by Gasteiger charge is 2.40. The molecule has 47 heavy (non-hydrogen) atoms. The maximum atomic E-state index is 14.7. The third kappa shape index (κ3) is 7.86. The molecule has 6 N–H and O–H groups in total. The minimum atomic E-state index is -2.42. The van der Waals surface area contributed by atoms with E-state index in [9.17, 15) is 51.7 Å². The average Bonchev–Trinajstić information content (AvgIpc) is 3.05. The van der Waals surface area contributed by atoms with Gasteiger partial charge in [0.05, 0.1) is 24.1 Å². The Bertz CT molecular complexity index is 1600. The van der Waals surface area contributed by atoms with Gasteiger partial charge in [-0.15, -0.1) is 0 Å². The van der Waals surface area contributed by atoms with Gasteiger partial charge in [-0.1, -0.05) is 48.5 Å². The van der Waals surface area contributed by atoms with Crippen LogP contribution in [0.1, 0.15) is 36.8 Å². The molecule has 252 valence electrons. The van der Waals surface area contributed by atoms with E-state index in [0.717, 1.165) is 6.92 Å². The molecule has 3 aromatic rings. The molecule has 7 unspecified atom stereocenters. The number of rotatable bonds is 7. The lowest BCUT2D eigenvalue weighted by atomic mass is 9.91. The van der Waals surface area contributed by atoms with Crippen LogP contribution in [0.15, 0.2) is 54.6 Å². The van der Waals surface area contributed by atoms with Gasteiger partial charge in [-0.05, 0) is 25.5 Å². The first-order valence-corrected chi connectivity index (χ1v) is 14.5. The number of ether oxygens (including phenoxy) is 1. The van der Waals surface area contributed by atoms with Gasteiger partial charge in [0, 0.05) is 24.0 Å². The molecule has 3 aromatic carbocycles. The second-order valence-corrected chi connectivity index (χ2v) is 11.2. The molecular formula is C32H32F5N3O7. The van der Waals surface area contributed by atoms with Gasteiger partial charge >= 0.3 is 5.97 Å². The Morgan fingerprint density at radius 1 is 0.809 bits per heavy atom. The zero-order valence-corrected chi connectivity index (χ0v) is 25.0. The Kier molecular flexibility index (Phi) is 11.2. The van der Waals surface area contributed by atoms with Crippen molar-refractivity contribution in [3.63, 3.8) is 0 Å². The number of esters is 1. The number of aromatic hydroxyl groups is 1. The molecule has 0 bridgehead atoms. The Labute approximate surface area is 265 Å². The van der Waals surface area contributed by atoms with Gasteiger partial charge in [0.25, 0.3) is 5.91 Å². The smallest absolute Gasteiger partial charge is 0.312 e. The number of para-hydroxylation sites is 1. The van der Waals surface area contributed by atoms with E-state index in [1.54, 1.807) is 30.3 Å². The Morgan fingerprint density at radius 2 is 1.38 bits per heavy atom. The summed E-state index contributed by atoms with van der Waals surface area (Å²) in [6.07, 6.45) is -6.64. The van der Waals surface area contributed by atoms with Crippen LogP contribution in [0.25, 0.3) is 0 Å². The van der Waals surface area contributed by atoms with Crippen molar-refractivity contribution in [2.24, 2.45) is 5.92 Å². The van der Waals surface area contributed by atoms with Crippen molar-refractivity contribution in [3.8, 4) is 5.75 Å². The quantitative estimate of drug-likeness (QED) is 0.0739. The van der Waals surface area contributed by atoms with E-state index in [2.05, 4.69) is 16.0 Å². The SMILES string of the molecule is CC1NC(=O)C(Cc2ccccc2)OC(=O)C(C)C(O)C(Cc2c(F)c(F)c(F)c(F)c2F)NC(=O)C1NC(O)c1ccccc1O. The van der Waals surface area contributed by atoms with Crippen molar-refractivity contribution in [2.75, 3.05) is 0 Å². The van der Waals surface area contributed by atoms with Gasteiger partial charge in [-0.3, -0.25) is 19.7 Å². The van der Waals surface area contributed by atoms with Crippen LogP contribution in [-0.4, -0.2) is 63.4 Å². The monoisotopic (exact) mass is 665 g/mol. The van der Waals surface area contributed by atoms with Crippen LogP contribution in [0.3, 0.4) is 0 Å². The third-order valence-corrected chi connectivity index (χ3v) is 7.88. The van der Waals surface area contributed by atoms with Crippen LogP contribution in [0.4, 0.5) is 22.0 Å². The van der Waals surface area contributed by atoms with E-state index in [0.29, 0.717) is 5.56 Å². The van der Waals surface area contributed by atoms with Gasteiger partial charge in [0.2, 0.25) is 11.7 Å². The molecule has 4 rings (SSSR count). The number of amides is 2. The fraction of sp³-hybridized carbons (Fsp3) is 0.344. The van der Waals surface area contributed by atoms with Gasteiger partial charge in [0.1, 0.15) is 18.0 Å². The summed E-state index contributed by atoms with van der Waals surface area (Å²) in [5, 5.41) is 39.6. The van der Waals surface area contributed by atoms with E-state index in [1.165, 1.54) is 31.2 Å². The molecule has 1 fully saturated rings. The fourth-order valence-electron chi connectivity index (χ4n) is 5.16. The first kappa shape index (κ1) is 35.3. The van der Waals surface area contributed by atoms with Crippen molar-refractivity contribution < 1.29 is 56.4 Å². The van der Waals surface area contributed by atoms with E-state index >= 15 is 0 Å². The molecule has 0 aliphatic carbocycles. The maximum absolute atomic E-state index is 14.7. The minimum Gasteiger partial charge on any atom is -0.508 e. The molecule has 15 heteroatoms. The highest BCUT2D eigenvalue weighted by molar-refractivity contribution is 5.88. The predicted molar refractivity (Wildman–Crippen MR) is 155 cm³/mol. The van der Waals surface area contributed by atoms with E-state index in [4.69, 9.17) is 4.74 Å². The zero-order valence-electron chi connectivity index (χ0n) is 25.0. The van der Waals surface area contributed by atoms with Crippen molar-refractivity contribution in [1.29, 1.82) is 0 Å². The van der Waals surface area contributed by atoms with Gasteiger partial charge < -0.3 is 30.7 Å². The second-order valence-electron chi connectivity index (χ2n) is 11.2. The highest BCUT2D eigenvalue weighted by Crippen LogP contribution is 2.27. The number of hydrogen-bond acceptors (Lipinski definition) is 8. The number of aliphatic hydroxyl groups is 2. The standard InChI is InChI=1S/C32H32F5N3O7/c1-14-28(42)19(13-18-22(33)24(35)26(37)25(36)23(18)34)39-31(45)27(40-29(43)17-10-6-7-11-20(17)41)15(2)38-30(44)21(47-32(14)46)12-16-8-4-3-5-9-16/h3-11,14-15,19,21,27-29,40-43H,12-13H2,1-2H3,(H,38,44)(H,39,45). The summed E-state index contributed by atoms with van der Waals surface area (Å²) in [6, 6.07) is 9.16. The fourth-order valence-corrected chi connectivity index (χ4v) is 5.16. The minimum absolute atomic E-state index is 0.0764. The number of nitrogens with one attached hydrogen (secondary N) is 3. The van der Waals surface area contributed by atoms with E-state index in [-0.39, 0.29) is 17.7 Å². The second kappa shape index (κ2) is 14.9. The summed E-state index contributed by atoms with van der Waals surface area (Å²) >= 11 is 0. The molecule has 7 atom stereocenters. The molecule has 1 aliphatic rings.